The second-order valence-electron chi connectivity index (χ2n) is 5.32. The highest BCUT2D eigenvalue weighted by molar-refractivity contribution is 7.09. The molecule has 1 fully saturated rings. The fourth-order valence-electron chi connectivity index (χ4n) is 2.52. The van der Waals surface area contributed by atoms with E-state index in [1.807, 2.05) is 18.2 Å². The molecule has 0 spiro atoms. The van der Waals surface area contributed by atoms with Crippen molar-refractivity contribution >= 4 is 16.7 Å². The van der Waals surface area contributed by atoms with Gasteiger partial charge in [0.2, 0.25) is 5.13 Å². The number of benzene rings is 1. The Balaban J connectivity index is 1.69. The van der Waals surface area contributed by atoms with E-state index in [1.54, 1.807) is 7.11 Å². The number of methoxy groups -OCH3 is 1. The van der Waals surface area contributed by atoms with Gasteiger partial charge in [-0.25, -0.2) is 4.98 Å². The van der Waals surface area contributed by atoms with Gasteiger partial charge in [-0.05, 0) is 24.6 Å². The van der Waals surface area contributed by atoms with Crippen LogP contribution in [0.5, 0.6) is 5.75 Å². The molecule has 2 aromatic rings. The van der Waals surface area contributed by atoms with Gasteiger partial charge < -0.3 is 15.0 Å². The Labute approximate surface area is 129 Å². The van der Waals surface area contributed by atoms with E-state index in [0.29, 0.717) is 6.04 Å². The van der Waals surface area contributed by atoms with Gasteiger partial charge in [0.15, 0.2) is 0 Å². The largest absolute Gasteiger partial charge is 0.497 e. The summed E-state index contributed by atoms with van der Waals surface area (Å²) >= 11 is 1.49. The molecule has 1 N–H and O–H groups in total. The molecule has 1 aromatic heterocycles. The third-order valence-electron chi connectivity index (χ3n) is 3.59. The first kappa shape index (κ1) is 14.3. The van der Waals surface area contributed by atoms with Gasteiger partial charge in [-0.3, -0.25) is 0 Å². The molecule has 1 aliphatic rings. The number of piperazine rings is 1. The molecule has 0 radical (unpaired) electrons. The Morgan fingerprint density at radius 1 is 1.48 bits per heavy atom. The molecule has 0 bridgehead atoms. The van der Waals surface area contributed by atoms with Crippen molar-refractivity contribution in [2.75, 3.05) is 31.6 Å². The van der Waals surface area contributed by atoms with Crippen LogP contribution in [0.2, 0.25) is 0 Å². The molecule has 0 saturated carbocycles. The van der Waals surface area contributed by atoms with Gasteiger partial charge in [0.05, 0.1) is 7.11 Å². The van der Waals surface area contributed by atoms with Gasteiger partial charge in [0, 0.05) is 43.6 Å². The van der Waals surface area contributed by atoms with E-state index < -0.39 is 0 Å². The van der Waals surface area contributed by atoms with Crippen LogP contribution in [0.4, 0.5) is 5.13 Å². The molecule has 1 aliphatic heterocycles. The molecule has 5 nitrogen and oxygen atoms in total. The van der Waals surface area contributed by atoms with Gasteiger partial charge in [-0.15, -0.1) is 0 Å². The summed E-state index contributed by atoms with van der Waals surface area (Å²) < 4.78 is 9.75. The van der Waals surface area contributed by atoms with Crippen LogP contribution in [-0.4, -0.2) is 42.1 Å². The standard InChI is InChI=1S/C15H20N4OS/c1-11-10-19(7-6-16-11)15-17-14(18-21-15)9-12-4-3-5-13(8-12)20-2/h3-5,8,11,16H,6-7,9-10H2,1-2H3. The summed E-state index contributed by atoms with van der Waals surface area (Å²) in [5, 5.41) is 4.47. The molecule has 21 heavy (non-hydrogen) atoms. The van der Waals surface area contributed by atoms with Crippen LogP contribution in [0.25, 0.3) is 0 Å². The maximum Gasteiger partial charge on any atom is 0.205 e. The molecule has 1 unspecified atom stereocenters. The molecule has 1 atom stereocenters. The Bertz CT molecular complexity index is 601. The Hall–Kier alpha value is -1.66. The number of hydrogen-bond donors (Lipinski definition) is 1. The van der Waals surface area contributed by atoms with Crippen molar-refractivity contribution < 1.29 is 4.74 Å². The predicted molar refractivity (Wildman–Crippen MR) is 85.4 cm³/mol. The van der Waals surface area contributed by atoms with Crippen LogP contribution in [-0.2, 0) is 6.42 Å². The summed E-state index contributed by atoms with van der Waals surface area (Å²) in [5.41, 5.74) is 1.17. The predicted octanol–water partition coefficient (Wildman–Crippen LogP) is 1.94. The topological polar surface area (TPSA) is 50.3 Å². The fourth-order valence-corrected chi connectivity index (χ4v) is 3.24. The van der Waals surface area contributed by atoms with Gasteiger partial charge >= 0.3 is 0 Å². The van der Waals surface area contributed by atoms with E-state index in [1.165, 1.54) is 17.1 Å². The molecule has 1 aromatic carbocycles. The van der Waals surface area contributed by atoms with Crippen LogP contribution >= 0.6 is 11.5 Å². The third-order valence-corrected chi connectivity index (χ3v) is 4.41. The van der Waals surface area contributed by atoms with E-state index in [2.05, 4.69) is 32.6 Å². The van der Waals surface area contributed by atoms with Gasteiger partial charge in [-0.1, -0.05) is 12.1 Å². The molecule has 0 amide bonds. The summed E-state index contributed by atoms with van der Waals surface area (Å²) in [6.07, 6.45) is 0.745. The smallest absolute Gasteiger partial charge is 0.205 e. The molecule has 112 valence electrons. The van der Waals surface area contributed by atoms with E-state index in [4.69, 9.17) is 4.74 Å². The minimum Gasteiger partial charge on any atom is -0.497 e. The van der Waals surface area contributed by atoms with Crippen molar-refractivity contribution in [1.29, 1.82) is 0 Å². The number of nitrogens with zero attached hydrogens (tertiary/aromatic N) is 3. The van der Waals surface area contributed by atoms with Crippen LogP contribution in [0.1, 0.15) is 18.3 Å². The average molecular weight is 304 g/mol. The summed E-state index contributed by atoms with van der Waals surface area (Å²) in [6, 6.07) is 8.57. The van der Waals surface area contributed by atoms with Crippen molar-refractivity contribution in [3.05, 3.63) is 35.7 Å². The normalized spacial score (nSPS) is 18.8. The first-order valence-electron chi connectivity index (χ1n) is 7.18. The minimum atomic E-state index is 0.504. The highest BCUT2D eigenvalue weighted by atomic mass is 32.1. The minimum absolute atomic E-state index is 0.504. The maximum atomic E-state index is 5.25. The number of hydrogen-bond acceptors (Lipinski definition) is 6. The number of rotatable bonds is 4. The zero-order chi connectivity index (χ0) is 14.7. The van der Waals surface area contributed by atoms with Crippen LogP contribution in [0, 0.1) is 0 Å². The summed E-state index contributed by atoms with van der Waals surface area (Å²) in [4.78, 5) is 7.00. The van der Waals surface area contributed by atoms with Crippen molar-refractivity contribution in [3.63, 3.8) is 0 Å². The van der Waals surface area contributed by atoms with E-state index in [9.17, 15) is 0 Å². The number of anilines is 1. The fraction of sp³-hybridized carbons (Fsp3) is 0.467. The Morgan fingerprint density at radius 3 is 3.19 bits per heavy atom. The molecular weight excluding hydrogens is 284 g/mol. The highest BCUT2D eigenvalue weighted by Crippen LogP contribution is 2.21. The quantitative estimate of drug-likeness (QED) is 0.935. The lowest BCUT2D eigenvalue weighted by Crippen LogP contribution is -2.49. The van der Waals surface area contributed by atoms with Crippen molar-refractivity contribution in [2.24, 2.45) is 0 Å². The summed E-state index contributed by atoms with van der Waals surface area (Å²) in [7, 11) is 1.68. The third kappa shape index (κ3) is 3.51. The first-order valence-corrected chi connectivity index (χ1v) is 7.96. The van der Waals surface area contributed by atoms with Gasteiger partial charge in [0.25, 0.3) is 0 Å². The maximum absolute atomic E-state index is 5.25. The summed E-state index contributed by atoms with van der Waals surface area (Å²) in [6.45, 7) is 5.20. The molecule has 3 rings (SSSR count). The highest BCUT2D eigenvalue weighted by Gasteiger charge is 2.19. The van der Waals surface area contributed by atoms with Crippen LogP contribution < -0.4 is 15.0 Å². The van der Waals surface area contributed by atoms with E-state index >= 15 is 0 Å². The number of aromatic nitrogens is 2. The zero-order valence-electron chi connectivity index (χ0n) is 12.4. The first-order chi connectivity index (χ1) is 10.2. The Kier molecular flexibility index (Phi) is 4.36. The van der Waals surface area contributed by atoms with E-state index in [-0.39, 0.29) is 0 Å². The lowest BCUT2D eigenvalue weighted by atomic mass is 10.1. The molecule has 2 heterocycles. The summed E-state index contributed by atoms with van der Waals surface area (Å²) in [5.74, 6) is 1.76. The molecule has 0 aliphatic carbocycles. The SMILES string of the molecule is COc1cccc(Cc2nsc(N3CCNC(C)C3)n2)c1. The number of nitrogens with one attached hydrogen (secondary N) is 1. The second-order valence-corrected chi connectivity index (χ2v) is 6.05. The Morgan fingerprint density at radius 2 is 2.38 bits per heavy atom. The van der Waals surface area contributed by atoms with Gasteiger partial charge in [-0.2, -0.15) is 4.37 Å². The molecular formula is C15H20N4OS. The van der Waals surface area contributed by atoms with Crippen molar-refractivity contribution in [2.45, 2.75) is 19.4 Å². The second kappa shape index (κ2) is 6.41. The molecule has 1 saturated heterocycles. The van der Waals surface area contributed by atoms with Crippen LogP contribution in [0.3, 0.4) is 0 Å². The van der Waals surface area contributed by atoms with Gasteiger partial charge in [0.1, 0.15) is 11.6 Å². The molecule has 6 heteroatoms. The monoisotopic (exact) mass is 304 g/mol. The van der Waals surface area contributed by atoms with Crippen LogP contribution in [0.15, 0.2) is 24.3 Å². The number of ether oxygens (including phenoxy) is 1. The van der Waals surface area contributed by atoms with E-state index in [0.717, 1.165) is 42.8 Å². The zero-order valence-corrected chi connectivity index (χ0v) is 13.2. The van der Waals surface area contributed by atoms with Crippen molar-refractivity contribution in [1.82, 2.24) is 14.7 Å². The lowest BCUT2D eigenvalue weighted by Gasteiger charge is -2.31. The average Bonchev–Trinajstić information content (AvgIpc) is 2.96. The lowest BCUT2D eigenvalue weighted by molar-refractivity contribution is 0.414. The van der Waals surface area contributed by atoms with Crippen molar-refractivity contribution in [3.8, 4) is 5.75 Å².